The lowest BCUT2D eigenvalue weighted by molar-refractivity contribution is -0.113. The Bertz CT molecular complexity index is 1230. The Labute approximate surface area is 188 Å². The number of hydrogen-bond donors (Lipinski definition) is 1. The molecular formula is C22H19ClN4O3S. The van der Waals surface area contributed by atoms with Crippen molar-refractivity contribution in [3.8, 4) is 22.8 Å². The Morgan fingerprint density at radius 2 is 1.94 bits per heavy atom. The summed E-state index contributed by atoms with van der Waals surface area (Å²) in [6.07, 6.45) is 3.45. The van der Waals surface area contributed by atoms with Crippen LogP contribution in [-0.2, 0) is 4.79 Å². The van der Waals surface area contributed by atoms with Crippen LogP contribution in [0.2, 0.25) is 5.02 Å². The molecule has 7 nitrogen and oxygen atoms in total. The summed E-state index contributed by atoms with van der Waals surface area (Å²) in [6.45, 7) is 0. The first kappa shape index (κ1) is 21.0. The molecule has 0 spiro atoms. The summed E-state index contributed by atoms with van der Waals surface area (Å²) < 4.78 is 12.2. The highest BCUT2D eigenvalue weighted by atomic mass is 35.5. The van der Waals surface area contributed by atoms with Gasteiger partial charge in [-0.3, -0.25) is 4.79 Å². The van der Waals surface area contributed by atoms with Gasteiger partial charge in [0.1, 0.15) is 16.5 Å². The third-order valence-corrected chi connectivity index (χ3v) is 5.75. The summed E-state index contributed by atoms with van der Waals surface area (Å²) in [5.41, 5.74) is 3.13. The van der Waals surface area contributed by atoms with Crippen LogP contribution in [0, 0.1) is 0 Å². The van der Waals surface area contributed by atoms with Crippen molar-refractivity contribution in [1.82, 2.24) is 14.6 Å². The lowest BCUT2D eigenvalue weighted by Crippen LogP contribution is -2.15. The molecule has 0 saturated heterocycles. The molecule has 4 rings (SSSR count). The first-order chi connectivity index (χ1) is 15.1. The Morgan fingerprint density at radius 1 is 1.13 bits per heavy atom. The van der Waals surface area contributed by atoms with Gasteiger partial charge in [-0.15, -0.1) is 0 Å². The van der Waals surface area contributed by atoms with Crippen molar-refractivity contribution in [1.29, 1.82) is 0 Å². The molecule has 31 heavy (non-hydrogen) atoms. The maximum Gasteiger partial charge on any atom is 0.234 e. The molecule has 0 radical (unpaired) electrons. The van der Waals surface area contributed by atoms with Crippen LogP contribution < -0.4 is 14.8 Å². The second-order valence-electron chi connectivity index (χ2n) is 6.50. The van der Waals surface area contributed by atoms with E-state index in [0.29, 0.717) is 21.5 Å². The minimum atomic E-state index is -0.190. The zero-order valence-corrected chi connectivity index (χ0v) is 18.4. The number of methoxy groups -OCH3 is 2. The lowest BCUT2D eigenvalue weighted by Gasteiger charge is -2.10. The van der Waals surface area contributed by atoms with Gasteiger partial charge in [0.25, 0.3) is 0 Å². The van der Waals surface area contributed by atoms with Gasteiger partial charge in [0, 0.05) is 23.0 Å². The number of rotatable bonds is 7. The van der Waals surface area contributed by atoms with Crippen LogP contribution >= 0.6 is 23.4 Å². The number of amides is 1. The Hall–Kier alpha value is -3.23. The van der Waals surface area contributed by atoms with Crippen molar-refractivity contribution in [3.05, 3.63) is 65.9 Å². The fraction of sp³-hybridized carbons (Fsp3) is 0.136. The Balaban J connectivity index is 1.50. The van der Waals surface area contributed by atoms with E-state index in [1.54, 1.807) is 42.2 Å². The Kier molecular flexibility index (Phi) is 6.29. The number of nitrogens with zero attached hydrogens (tertiary/aromatic N) is 3. The van der Waals surface area contributed by atoms with Gasteiger partial charge in [0.15, 0.2) is 0 Å². The van der Waals surface area contributed by atoms with Gasteiger partial charge in [0.2, 0.25) is 5.91 Å². The number of nitrogens with one attached hydrogen (secondary N) is 1. The van der Waals surface area contributed by atoms with Gasteiger partial charge in [-0.25, -0.2) is 9.50 Å². The highest BCUT2D eigenvalue weighted by Crippen LogP contribution is 2.29. The van der Waals surface area contributed by atoms with Crippen molar-refractivity contribution >= 4 is 40.5 Å². The van der Waals surface area contributed by atoms with E-state index in [1.807, 2.05) is 30.3 Å². The van der Waals surface area contributed by atoms with Gasteiger partial charge in [-0.2, -0.15) is 5.10 Å². The number of carbonyl (C=O) groups excluding carboxylic acids is 1. The molecule has 0 aliphatic rings. The predicted octanol–water partition coefficient (Wildman–Crippen LogP) is 4.80. The van der Waals surface area contributed by atoms with E-state index in [1.165, 1.54) is 18.9 Å². The molecule has 158 valence electrons. The molecule has 0 aliphatic heterocycles. The van der Waals surface area contributed by atoms with Crippen LogP contribution in [0.1, 0.15) is 0 Å². The van der Waals surface area contributed by atoms with Crippen molar-refractivity contribution in [2.24, 2.45) is 0 Å². The second kappa shape index (κ2) is 9.28. The van der Waals surface area contributed by atoms with Crippen molar-refractivity contribution < 1.29 is 14.3 Å². The molecular weight excluding hydrogens is 436 g/mol. The number of hydrogen-bond acceptors (Lipinski definition) is 6. The van der Waals surface area contributed by atoms with Crippen LogP contribution in [-0.4, -0.2) is 40.5 Å². The molecule has 2 aromatic carbocycles. The molecule has 1 N–H and O–H groups in total. The zero-order chi connectivity index (χ0) is 21.8. The zero-order valence-electron chi connectivity index (χ0n) is 16.8. The fourth-order valence-electron chi connectivity index (χ4n) is 3.01. The maximum atomic E-state index is 12.5. The molecule has 0 unspecified atom stereocenters. The highest BCUT2D eigenvalue weighted by molar-refractivity contribution is 8.00. The normalized spacial score (nSPS) is 10.8. The summed E-state index contributed by atoms with van der Waals surface area (Å²) >= 11 is 7.36. The van der Waals surface area contributed by atoms with Crippen molar-refractivity contribution in [3.63, 3.8) is 0 Å². The third-order valence-electron chi connectivity index (χ3n) is 4.52. The quantitative estimate of drug-likeness (QED) is 0.404. The van der Waals surface area contributed by atoms with Gasteiger partial charge in [-0.05, 0) is 48.5 Å². The minimum Gasteiger partial charge on any atom is -0.497 e. The summed E-state index contributed by atoms with van der Waals surface area (Å²) in [5.74, 6) is 1.31. The number of benzene rings is 2. The summed E-state index contributed by atoms with van der Waals surface area (Å²) in [5, 5.41) is 8.67. The van der Waals surface area contributed by atoms with Crippen LogP contribution in [0.5, 0.6) is 11.5 Å². The van der Waals surface area contributed by atoms with Gasteiger partial charge in [0.05, 0.1) is 36.9 Å². The van der Waals surface area contributed by atoms with E-state index in [9.17, 15) is 4.79 Å². The number of aromatic nitrogens is 3. The van der Waals surface area contributed by atoms with E-state index in [2.05, 4.69) is 15.4 Å². The number of ether oxygens (including phenoxy) is 2. The summed E-state index contributed by atoms with van der Waals surface area (Å²) in [6, 6.07) is 14.7. The highest BCUT2D eigenvalue weighted by Gasteiger charge is 2.13. The van der Waals surface area contributed by atoms with E-state index < -0.39 is 0 Å². The maximum absolute atomic E-state index is 12.5. The van der Waals surface area contributed by atoms with Crippen LogP contribution in [0.25, 0.3) is 16.8 Å². The molecule has 0 fully saturated rings. The van der Waals surface area contributed by atoms with Gasteiger partial charge in [-0.1, -0.05) is 23.4 Å². The number of thioether (sulfide) groups is 1. The summed E-state index contributed by atoms with van der Waals surface area (Å²) in [7, 11) is 3.17. The second-order valence-corrected chi connectivity index (χ2v) is 7.90. The molecule has 2 aromatic heterocycles. The molecule has 1 amide bonds. The Morgan fingerprint density at radius 3 is 2.68 bits per heavy atom. The molecule has 0 atom stereocenters. The smallest absolute Gasteiger partial charge is 0.234 e. The molecule has 0 bridgehead atoms. The van der Waals surface area contributed by atoms with Crippen molar-refractivity contribution in [2.45, 2.75) is 5.03 Å². The topological polar surface area (TPSA) is 77.8 Å². The van der Waals surface area contributed by atoms with Gasteiger partial charge < -0.3 is 14.8 Å². The molecule has 0 saturated carbocycles. The molecule has 4 aromatic rings. The van der Waals surface area contributed by atoms with E-state index >= 15 is 0 Å². The minimum absolute atomic E-state index is 0.172. The van der Waals surface area contributed by atoms with Crippen LogP contribution in [0.3, 0.4) is 0 Å². The van der Waals surface area contributed by atoms with Crippen molar-refractivity contribution in [2.75, 3.05) is 25.3 Å². The molecule has 9 heteroatoms. The average molecular weight is 455 g/mol. The van der Waals surface area contributed by atoms with E-state index in [0.717, 1.165) is 22.5 Å². The monoisotopic (exact) mass is 454 g/mol. The van der Waals surface area contributed by atoms with E-state index in [-0.39, 0.29) is 11.7 Å². The first-order valence-corrected chi connectivity index (χ1v) is 10.7. The average Bonchev–Trinajstić information content (AvgIpc) is 3.23. The van der Waals surface area contributed by atoms with Gasteiger partial charge >= 0.3 is 0 Å². The number of carbonyl (C=O) groups is 1. The first-order valence-electron chi connectivity index (χ1n) is 9.32. The number of anilines is 1. The fourth-order valence-corrected chi connectivity index (χ4v) is 3.96. The SMILES string of the molecule is COc1ccc(-c2cc3c(SCC(=O)Nc4cc(Cl)ccc4OC)nccn3n2)cc1. The molecule has 2 heterocycles. The summed E-state index contributed by atoms with van der Waals surface area (Å²) in [4.78, 5) is 16.9. The number of fused-ring (bicyclic) bond motifs is 1. The third kappa shape index (κ3) is 4.76. The van der Waals surface area contributed by atoms with E-state index in [4.69, 9.17) is 21.1 Å². The van der Waals surface area contributed by atoms with Crippen LogP contribution in [0.15, 0.2) is 66.0 Å². The number of halogens is 1. The lowest BCUT2D eigenvalue weighted by atomic mass is 10.1. The largest absolute Gasteiger partial charge is 0.497 e. The van der Waals surface area contributed by atoms with Crippen LogP contribution in [0.4, 0.5) is 5.69 Å². The molecule has 0 aliphatic carbocycles. The standard InChI is InChI=1S/C22H19ClN4O3S/c1-29-16-6-3-14(4-7-16)17-12-19-22(24-9-10-27(19)26-17)31-13-21(28)25-18-11-15(23)5-8-20(18)30-2/h3-12H,13H2,1-2H3,(H,25,28). The predicted molar refractivity (Wildman–Crippen MR) is 122 cm³/mol.